The monoisotopic (exact) mass is 231 g/mol. The summed E-state index contributed by atoms with van der Waals surface area (Å²) >= 11 is 0. The highest BCUT2D eigenvalue weighted by Gasteiger charge is 2.20. The van der Waals surface area contributed by atoms with Crippen molar-refractivity contribution in [2.24, 2.45) is 5.92 Å². The van der Waals surface area contributed by atoms with Gasteiger partial charge < -0.3 is 9.64 Å². The van der Waals surface area contributed by atoms with E-state index >= 15 is 0 Å². The van der Waals surface area contributed by atoms with Crippen LogP contribution in [0, 0.1) is 17.2 Å². The number of hydrogen-bond acceptors (Lipinski definition) is 4. The molecule has 1 aliphatic rings. The summed E-state index contributed by atoms with van der Waals surface area (Å²) in [5, 5.41) is 8.88. The number of rotatable bonds is 3. The lowest BCUT2D eigenvalue weighted by molar-refractivity contribution is 0.143. The molecule has 1 aromatic heterocycles. The Labute approximate surface area is 102 Å². The Morgan fingerprint density at radius 2 is 2.53 bits per heavy atom. The molecule has 2 heterocycles. The van der Waals surface area contributed by atoms with Crippen molar-refractivity contribution in [1.82, 2.24) is 4.98 Å². The molecule has 4 heteroatoms. The molecule has 1 unspecified atom stereocenters. The largest absolute Gasteiger partial charge is 0.384 e. The number of anilines is 1. The molecule has 0 aromatic carbocycles. The highest BCUT2D eigenvalue weighted by molar-refractivity contribution is 5.45. The van der Waals surface area contributed by atoms with Crippen LogP contribution >= 0.6 is 0 Å². The molecule has 17 heavy (non-hydrogen) atoms. The van der Waals surface area contributed by atoms with Gasteiger partial charge in [-0.25, -0.2) is 4.98 Å². The molecule has 0 N–H and O–H groups in total. The summed E-state index contributed by atoms with van der Waals surface area (Å²) in [7, 11) is 1.74. The molecule has 1 saturated heterocycles. The molecule has 4 nitrogen and oxygen atoms in total. The maximum absolute atomic E-state index is 8.88. The van der Waals surface area contributed by atoms with Crippen LogP contribution in [0.1, 0.15) is 18.4 Å². The van der Waals surface area contributed by atoms with Gasteiger partial charge in [-0.05, 0) is 30.9 Å². The summed E-state index contributed by atoms with van der Waals surface area (Å²) in [5.41, 5.74) is 0.670. The molecule has 0 aliphatic carbocycles. The van der Waals surface area contributed by atoms with Crippen LogP contribution in [0.15, 0.2) is 18.3 Å². The Morgan fingerprint density at radius 3 is 3.29 bits per heavy atom. The molecular weight excluding hydrogens is 214 g/mol. The third-order valence-electron chi connectivity index (χ3n) is 3.12. The number of nitriles is 1. The summed E-state index contributed by atoms with van der Waals surface area (Å²) in [6.45, 7) is 2.78. The second kappa shape index (κ2) is 5.65. The Bertz CT molecular complexity index is 411. The minimum absolute atomic E-state index is 0.571. The summed E-state index contributed by atoms with van der Waals surface area (Å²) in [5.74, 6) is 1.48. The zero-order valence-corrected chi connectivity index (χ0v) is 10.1. The number of hydrogen-bond donors (Lipinski definition) is 0. The van der Waals surface area contributed by atoms with Crippen molar-refractivity contribution in [3.05, 3.63) is 23.9 Å². The molecular formula is C13H17N3O. The van der Waals surface area contributed by atoms with E-state index in [1.807, 2.05) is 6.07 Å². The first kappa shape index (κ1) is 11.9. The van der Waals surface area contributed by atoms with Gasteiger partial charge in [-0.15, -0.1) is 0 Å². The highest BCUT2D eigenvalue weighted by Crippen LogP contribution is 2.22. The number of ether oxygens (including phenoxy) is 1. The number of piperidine rings is 1. The van der Waals surface area contributed by atoms with Gasteiger partial charge in [0.15, 0.2) is 0 Å². The van der Waals surface area contributed by atoms with Gasteiger partial charge in [0.05, 0.1) is 18.2 Å². The van der Waals surface area contributed by atoms with Crippen LogP contribution in [0.5, 0.6) is 0 Å². The first-order valence-corrected chi connectivity index (χ1v) is 5.93. The van der Waals surface area contributed by atoms with Crippen molar-refractivity contribution in [3.8, 4) is 6.07 Å². The van der Waals surface area contributed by atoms with Crippen molar-refractivity contribution in [3.63, 3.8) is 0 Å². The Morgan fingerprint density at radius 1 is 1.65 bits per heavy atom. The van der Waals surface area contributed by atoms with Crippen LogP contribution < -0.4 is 4.90 Å². The second-order valence-corrected chi connectivity index (χ2v) is 4.42. The van der Waals surface area contributed by atoms with Gasteiger partial charge in [0, 0.05) is 26.4 Å². The lowest BCUT2D eigenvalue weighted by atomic mass is 9.99. The molecule has 2 rings (SSSR count). The third-order valence-corrected chi connectivity index (χ3v) is 3.12. The highest BCUT2D eigenvalue weighted by atomic mass is 16.5. The zero-order valence-electron chi connectivity index (χ0n) is 10.1. The van der Waals surface area contributed by atoms with E-state index in [4.69, 9.17) is 10.00 Å². The van der Waals surface area contributed by atoms with Crippen molar-refractivity contribution in [1.29, 1.82) is 5.26 Å². The minimum Gasteiger partial charge on any atom is -0.384 e. The van der Waals surface area contributed by atoms with E-state index in [0.29, 0.717) is 11.5 Å². The van der Waals surface area contributed by atoms with E-state index in [1.165, 1.54) is 6.42 Å². The van der Waals surface area contributed by atoms with E-state index in [2.05, 4.69) is 16.0 Å². The molecule has 1 aromatic rings. The molecule has 0 radical (unpaired) electrons. The molecule has 0 bridgehead atoms. The second-order valence-electron chi connectivity index (χ2n) is 4.42. The fourth-order valence-electron chi connectivity index (χ4n) is 2.31. The van der Waals surface area contributed by atoms with Gasteiger partial charge in [0.25, 0.3) is 0 Å². The van der Waals surface area contributed by atoms with Crippen molar-refractivity contribution >= 4 is 5.82 Å². The van der Waals surface area contributed by atoms with E-state index < -0.39 is 0 Å². The molecule has 1 fully saturated rings. The number of pyridine rings is 1. The van der Waals surface area contributed by atoms with Crippen LogP contribution in [-0.4, -0.2) is 31.8 Å². The van der Waals surface area contributed by atoms with Crippen LogP contribution in [0.3, 0.4) is 0 Å². The predicted octanol–water partition coefficient (Wildman–Crippen LogP) is 1.82. The third kappa shape index (κ3) is 2.95. The van der Waals surface area contributed by atoms with E-state index in [-0.39, 0.29) is 0 Å². The molecule has 0 amide bonds. The lowest BCUT2D eigenvalue weighted by Crippen LogP contribution is -2.37. The van der Waals surface area contributed by atoms with Gasteiger partial charge in [-0.3, -0.25) is 0 Å². The molecule has 1 aliphatic heterocycles. The molecule has 1 atom stereocenters. The van der Waals surface area contributed by atoms with E-state index in [9.17, 15) is 0 Å². The molecule has 90 valence electrons. The maximum Gasteiger partial charge on any atom is 0.129 e. The number of methoxy groups -OCH3 is 1. The Kier molecular flexibility index (Phi) is 3.94. The smallest absolute Gasteiger partial charge is 0.129 e. The fraction of sp³-hybridized carbons (Fsp3) is 0.538. The van der Waals surface area contributed by atoms with Crippen LogP contribution in [0.25, 0.3) is 0 Å². The summed E-state index contributed by atoms with van der Waals surface area (Å²) < 4.78 is 5.21. The first-order chi connectivity index (χ1) is 8.33. The van der Waals surface area contributed by atoms with E-state index in [0.717, 1.165) is 31.9 Å². The minimum atomic E-state index is 0.571. The van der Waals surface area contributed by atoms with Gasteiger partial charge in [-0.1, -0.05) is 0 Å². The quantitative estimate of drug-likeness (QED) is 0.796. The number of aromatic nitrogens is 1. The SMILES string of the molecule is COCC1CCCN(c2cc(C#N)ccn2)C1. The van der Waals surface area contributed by atoms with Crippen LogP contribution in [0.4, 0.5) is 5.82 Å². The summed E-state index contributed by atoms with van der Waals surface area (Å²) in [6, 6.07) is 5.74. The first-order valence-electron chi connectivity index (χ1n) is 5.93. The van der Waals surface area contributed by atoms with Gasteiger partial charge in [0.2, 0.25) is 0 Å². The average Bonchev–Trinajstić information content (AvgIpc) is 2.40. The fourth-order valence-corrected chi connectivity index (χ4v) is 2.31. The van der Waals surface area contributed by atoms with Crippen LogP contribution in [0.2, 0.25) is 0 Å². The average molecular weight is 231 g/mol. The Balaban J connectivity index is 2.08. The predicted molar refractivity (Wildman–Crippen MR) is 65.8 cm³/mol. The van der Waals surface area contributed by atoms with Gasteiger partial charge in [0.1, 0.15) is 5.82 Å². The molecule has 0 saturated carbocycles. The Hall–Kier alpha value is -1.60. The normalized spacial score (nSPS) is 20.0. The van der Waals surface area contributed by atoms with Crippen molar-refractivity contribution in [2.45, 2.75) is 12.8 Å². The topological polar surface area (TPSA) is 49.1 Å². The number of nitrogens with zero attached hydrogens (tertiary/aromatic N) is 3. The van der Waals surface area contributed by atoms with Crippen molar-refractivity contribution < 1.29 is 4.74 Å². The molecule has 0 spiro atoms. The van der Waals surface area contributed by atoms with Crippen molar-refractivity contribution in [2.75, 3.05) is 31.7 Å². The summed E-state index contributed by atoms with van der Waals surface area (Å²) in [6.07, 6.45) is 4.07. The van der Waals surface area contributed by atoms with E-state index in [1.54, 1.807) is 19.4 Å². The lowest BCUT2D eigenvalue weighted by Gasteiger charge is -2.33. The van der Waals surface area contributed by atoms with Crippen LogP contribution in [-0.2, 0) is 4.74 Å². The van der Waals surface area contributed by atoms with Gasteiger partial charge >= 0.3 is 0 Å². The van der Waals surface area contributed by atoms with Gasteiger partial charge in [-0.2, -0.15) is 5.26 Å². The maximum atomic E-state index is 8.88. The summed E-state index contributed by atoms with van der Waals surface area (Å²) in [4.78, 5) is 6.58. The zero-order chi connectivity index (χ0) is 12.1. The standard InChI is InChI=1S/C13H17N3O/c1-17-10-12-3-2-6-16(9-12)13-7-11(8-14)4-5-15-13/h4-5,7,12H,2-3,6,9-10H2,1H3.